The van der Waals surface area contributed by atoms with E-state index in [0.717, 1.165) is 11.4 Å². The average molecular weight is 275 g/mol. The summed E-state index contributed by atoms with van der Waals surface area (Å²) in [6, 6.07) is 9.09. The van der Waals surface area contributed by atoms with E-state index in [0.29, 0.717) is 10.7 Å². The van der Waals surface area contributed by atoms with Crippen LogP contribution in [0.1, 0.15) is 42.6 Å². The summed E-state index contributed by atoms with van der Waals surface area (Å²) in [5, 5.41) is 12.5. The van der Waals surface area contributed by atoms with Crippen molar-refractivity contribution in [3.63, 3.8) is 0 Å². The minimum Gasteiger partial charge on any atom is -0.296 e. The minimum absolute atomic E-state index is 0.00656. The fourth-order valence-electron chi connectivity index (χ4n) is 1.46. The van der Waals surface area contributed by atoms with Crippen LogP contribution in [0.4, 0.5) is 5.13 Å². The summed E-state index contributed by atoms with van der Waals surface area (Å²) in [5.41, 5.74) is 0.613. The second-order valence-electron chi connectivity index (χ2n) is 4.97. The highest BCUT2D eigenvalue weighted by atomic mass is 32.1. The third-order valence-electron chi connectivity index (χ3n) is 3.14. The van der Waals surface area contributed by atoms with Crippen LogP contribution in [0, 0.1) is 0 Å². The maximum Gasteiger partial charge on any atom is 0.257 e. The van der Waals surface area contributed by atoms with Crippen LogP contribution in [-0.4, -0.2) is 16.1 Å². The average Bonchev–Trinajstić information content (AvgIpc) is 2.89. The number of hydrogen-bond donors (Lipinski definition) is 1. The Kier molecular flexibility index (Phi) is 3.95. The fraction of sp³-hybridized carbons (Fsp3) is 0.357. The van der Waals surface area contributed by atoms with Gasteiger partial charge < -0.3 is 0 Å². The zero-order valence-corrected chi connectivity index (χ0v) is 12.1. The van der Waals surface area contributed by atoms with Gasteiger partial charge in [-0.15, -0.1) is 10.2 Å². The first-order valence-electron chi connectivity index (χ1n) is 6.23. The van der Waals surface area contributed by atoms with Crippen molar-refractivity contribution in [2.24, 2.45) is 0 Å². The molecule has 0 aliphatic carbocycles. The standard InChI is InChI=1S/C14H17N3OS/c1-4-14(2,3)12-16-17-13(19-12)15-11(18)10-8-6-5-7-9-10/h5-9H,4H2,1-3H3,(H,15,17,18). The molecule has 1 N–H and O–H groups in total. The minimum atomic E-state index is -0.155. The van der Waals surface area contributed by atoms with Crippen LogP contribution in [0.25, 0.3) is 0 Å². The molecule has 0 aliphatic heterocycles. The summed E-state index contributed by atoms with van der Waals surface area (Å²) < 4.78 is 0. The molecule has 0 bridgehead atoms. The zero-order valence-electron chi connectivity index (χ0n) is 11.3. The van der Waals surface area contributed by atoms with Crippen LogP contribution in [0.2, 0.25) is 0 Å². The fourth-order valence-corrected chi connectivity index (χ4v) is 2.37. The molecule has 2 rings (SSSR count). The van der Waals surface area contributed by atoms with E-state index in [1.165, 1.54) is 11.3 Å². The molecule has 2 aromatic rings. The summed E-state index contributed by atoms with van der Waals surface area (Å²) in [4.78, 5) is 12.0. The largest absolute Gasteiger partial charge is 0.296 e. The van der Waals surface area contributed by atoms with Crippen molar-refractivity contribution in [2.75, 3.05) is 5.32 Å². The maximum absolute atomic E-state index is 12.0. The van der Waals surface area contributed by atoms with Crippen LogP contribution < -0.4 is 5.32 Å². The highest BCUT2D eigenvalue weighted by molar-refractivity contribution is 7.15. The SMILES string of the molecule is CCC(C)(C)c1nnc(NC(=O)c2ccccc2)s1. The number of anilines is 1. The molecule has 0 spiro atoms. The number of nitrogens with zero attached hydrogens (tertiary/aromatic N) is 2. The number of benzene rings is 1. The van der Waals surface area contributed by atoms with E-state index in [-0.39, 0.29) is 11.3 Å². The van der Waals surface area contributed by atoms with Crippen molar-refractivity contribution in [3.8, 4) is 0 Å². The molecule has 0 atom stereocenters. The Balaban J connectivity index is 2.11. The van der Waals surface area contributed by atoms with E-state index in [1.807, 2.05) is 18.2 Å². The van der Waals surface area contributed by atoms with Gasteiger partial charge in [-0.25, -0.2) is 0 Å². The normalized spacial score (nSPS) is 11.3. The van der Waals surface area contributed by atoms with Crippen molar-refractivity contribution in [1.82, 2.24) is 10.2 Å². The Morgan fingerprint density at radius 2 is 1.95 bits per heavy atom. The molecule has 0 aliphatic rings. The van der Waals surface area contributed by atoms with E-state index in [2.05, 4.69) is 36.3 Å². The van der Waals surface area contributed by atoms with E-state index < -0.39 is 0 Å². The van der Waals surface area contributed by atoms with Gasteiger partial charge in [0, 0.05) is 11.0 Å². The first-order valence-corrected chi connectivity index (χ1v) is 7.05. The molecule has 0 radical (unpaired) electrons. The Bertz CT molecular complexity index is 563. The summed E-state index contributed by atoms with van der Waals surface area (Å²) in [7, 11) is 0. The van der Waals surface area contributed by atoms with E-state index in [4.69, 9.17) is 0 Å². The Morgan fingerprint density at radius 3 is 2.58 bits per heavy atom. The van der Waals surface area contributed by atoms with Crippen LogP contribution in [0.15, 0.2) is 30.3 Å². The number of carbonyl (C=O) groups is 1. The highest BCUT2D eigenvalue weighted by Crippen LogP contribution is 2.31. The van der Waals surface area contributed by atoms with Gasteiger partial charge in [0.2, 0.25) is 5.13 Å². The van der Waals surface area contributed by atoms with Crippen molar-refractivity contribution in [1.29, 1.82) is 0 Å². The summed E-state index contributed by atoms with van der Waals surface area (Å²) >= 11 is 1.43. The van der Waals surface area contributed by atoms with Crippen LogP contribution >= 0.6 is 11.3 Å². The monoisotopic (exact) mass is 275 g/mol. The number of hydrogen-bond acceptors (Lipinski definition) is 4. The molecular formula is C14H17N3OS. The Hall–Kier alpha value is -1.75. The molecule has 5 heteroatoms. The van der Waals surface area contributed by atoms with Gasteiger partial charge in [-0.1, -0.05) is 50.3 Å². The Labute approximate surface area is 116 Å². The lowest BCUT2D eigenvalue weighted by atomic mass is 9.91. The zero-order chi connectivity index (χ0) is 13.9. The molecule has 1 amide bonds. The van der Waals surface area contributed by atoms with Crippen molar-refractivity contribution in [3.05, 3.63) is 40.9 Å². The van der Waals surface area contributed by atoms with Gasteiger partial charge in [-0.3, -0.25) is 10.1 Å². The van der Waals surface area contributed by atoms with Gasteiger partial charge in [0.1, 0.15) is 5.01 Å². The molecule has 1 aromatic carbocycles. The number of amides is 1. The van der Waals surface area contributed by atoms with E-state index in [1.54, 1.807) is 12.1 Å². The first-order chi connectivity index (χ1) is 9.03. The highest BCUT2D eigenvalue weighted by Gasteiger charge is 2.23. The number of rotatable bonds is 4. The molecule has 1 aromatic heterocycles. The van der Waals surface area contributed by atoms with E-state index >= 15 is 0 Å². The second kappa shape index (κ2) is 5.48. The van der Waals surface area contributed by atoms with Gasteiger partial charge in [-0.2, -0.15) is 0 Å². The number of aromatic nitrogens is 2. The smallest absolute Gasteiger partial charge is 0.257 e. The predicted octanol–water partition coefficient (Wildman–Crippen LogP) is 3.48. The number of carbonyl (C=O) groups excluding carboxylic acids is 1. The molecule has 0 saturated heterocycles. The number of nitrogens with one attached hydrogen (secondary N) is 1. The van der Waals surface area contributed by atoms with E-state index in [9.17, 15) is 4.79 Å². The third-order valence-corrected chi connectivity index (χ3v) is 4.35. The molecule has 1 heterocycles. The van der Waals surface area contributed by atoms with Crippen molar-refractivity contribution >= 4 is 22.4 Å². The summed E-state index contributed by atoms with van der Waals surface area (Å²) in [6.45, 7) is 6.36. The van der Waals surface area contributed by atoms with Gasteiger partial charge in [0.25, 0.3) is 5.91 Å². The van der Waals surface area contributed by atoms with Crippen molar-refractivity contribution < 1.29 is 4.79 Å². The first kappa shape index (κ1) is 13.7. The van der Waals surface area contributed by atoms with Crippen LogP contribution in [-0.2, 0) is 5.41 Å². The van der Waals surface area contributed by atoms with Crippen LogP contribution in [0.3, 0.4) is 0 Å². The second-order valence-corrected chi connectivity index (χ2v) is 5.95. The molecule has 4 nitrogen and oxygen atoms in total. The maximum atomic E-state index is 12.0. The lowest BCUT2D eigenvalue weighted by molar-refractivity contribution is 0.102. The third kappa shape index (κ3) is 3.17. The summed E-state index contributed by atoms with van der Waals surface area (Å²) in [6.07, 6.45) is 0.980. The van der Waals surface area contributed by atoms with Gasteiger partial charge in [-0.05, 0) is 18.6 Å². The molecule has 19 heavy (non-hydrogen) atoms. The van der Waals surface area contributed by atoms with Crippen LogP contribution in [0.5, 0.6) is 0 Å². The van der Waals surface area contributed by atoms with Gasteiger partial charge >= 0.3 is 0 Å². The summed E-state index contributed by atoms with van der Waals surface area (Å²) in [5.74, 6) is -0.155. The molecule has 0 saturated carbocycles. The Morgan fingerprint density at radius 1 is 1.26 bits per heavy atom. The molecular weight excluding hydrogens is 258 g/mol. The lowest BCUT2D eigenvalue weighted by Gasteiger charge is -2.17. The quantitative estimate of drug-likeness (QED) is 0.929. The topological polar surface area (TPSA) is 54.9 Å². The van der Waals surface area contributed by atoms with Gasteiger partial charge in [0.15, 0.2) is 0 Å². The molecule has 0 fully saturated rings. The predicted molar refractivity (Wildman–Crippen MR) is 77.6 cm³/mol. The van der Waals surface area contributed by atoms with Gasteiger partial charge in [0.05, 0.1) is 0 Å². The lowest BCUT2D eigenvalue weighted by Crippen LogP contribution is -2.14. The molecule has 100 valence electrons. The van der Waals surface area contributed by atoms with Crippen molar-refractivity contribution in [2.45, 2.75) is 32.6 Å². The molecule has 0 unspecified atom stereocenters.